The Bertz CT molecular complexity index is 554. The summed E-state index contributed by atoms with van der Waals surface area (Å²) in [5.74, 6) is 1.21. The van der Waals surface area contributed by atoms with Crippen molar-refractivity contribution in [2.45, 2.75) is 33.2 Å². The van der Waals surface area contributed by atoms with Crippen LogP contribution in [0.5, 0.6) is 0 Å². The number of hydrogen-bond acceptors (Lipinski definition) is 5. The van der Waals surface area contributed by atoms with Crippen molar-refractivity contribution in [2.75, 3.05) is 19.7 Å². The maximum Gasteiger partial charge on any atom is 0.257 e. The third-order valence-corrected chi connectivity index (χ3v) is 3.34. The molecule has 0 radical (unpaired) electrons. The minimum atomic E-state index is 0.145. The number of aryl methyl sites for hydroxylation is 1. The molecule has 1 heterocycles. The number of aliphatic hydroxyl groups excluding tert-OH is 1. The van der Waals surface area contributed by atoms with Gasteiger partial charge in [0.2, 0.25) is 0 Å². The Balaban J connectivity index is 2.04. The molecular weight excluding hydrogens is 266 g/mol. The van der Waals surface area contributed by atoms with Crippen LogP contribution in [-0.2, 0) is 6.54 Å². The van der Waals surface area contributed by atoms with Gasteiger partial charge in [-0.15, -0.1) is 0 Å². The first-order valence-electron chi connectivity index (χ1n) is 7.45. The molecule has 0 aliphatic heterocycles. The Kier molecular flexibility index (Phi) is 5.90. The maximum atomic E-state index is 9.12. The molecule has 1 N–H and O–H groups in total. The van der Waals surface area contributed by atoms with Crippen LogP contribution in [0.4, 0.5) is 0 Å². The summed E-state index contributed by atoms with van der Waals surface area (Å²) in [5, 5.41) is 13.2. The highest BCUT2D eigenvalue weighted by Gasteiger charge is 2.12. The van der Waals surface area contributed by atoms with Crippen LogP contribution in [0.1, 0.15) is 31.2 Å². The number of rotatable bonds is 8. The van der Waals surface area contributed by atoms with E-state index in [4.69, 9.17) is 9.63 Å². The van der Waals surface area contributed by atoms with Crippen molar-refractivity contribution in [1.82, 2.24) is 15.0 Å². The molecule has 0 bridgehead atoms. The van der Waals surface area contributed by atoms with E-state index in [-0.39, 0.29) is 6.61 Å². The van der Waals surface area contributed by atoms with Gasteiger partial charge < -0.3 is 9.63 Å². The lowest BCUT2D eigenvalue weighted by molar-refractivity contribution is 0.184. The van der Waals surface area contributed by atoms with Crippen LogP contribution in [0.3, 0.4) is 0 Å². The van der Waals surface area contributed by atoms with Gasteiger partial charge in [0, 0.05) is 12.1 Å². The van der Waals surface area contributed by atoms with E-state index in [1.165, 1.54) is 0 Å². The lowest BCUT2D eigenvalue weighted by Crippen LogP contribution is -2.28. The maximum absolute atomic E-state index is 9.12. The first-order valence-corrected chi connectivity index (χ1v) is 7.45. The molecule has 1 aromatic heterocycles. The Morgan fingerprint density at radius 2 is 2.14 bits per heavy atom. The highest BCUT2D eigenvalue weighted by molar-refractivity contribution is 5.53. The molecule has 1 aromatic carbocycles. The van der Waals surface area contributed by atoms with Gasteiger partial charge in [-0.05, 0) is 32.0 Å². The summed E-state index contributed by atoms with van der Waals surface area (Å²) >= 11 is 0. The number of nitrogens with zero attached hydrogens (tertiary/aromatic N) is 3. The van der Waals surface area contributed by atoms with Crippen molar-refractivity contribution in [3.8, 4) is 11.5 Å². The van der Waals surface area contributed by atoms with Gasteiger partial charge in [-0.3, -0.25) is 4.90 Å². The molecule has 5 heteroatoms. The fourth-order valence-corrected chi connectivity index (χ4v) is 2.21. The zero-order valence-corrected chi connectivity index (χ0v) is 12.7. The third kappa shape index (κ3) is 4.65. The molecule has 2 aromatic rings. The Morgan fingerprint density at radius 1 is 1.29 bits per heavy atom. The molecule has 5 nitrogen and oxygen atoms in total. The van der Waals surface area contributed by atoms with Crippen molar-refractivity contribution in [2.24, 2.45) is 0 Å². The fourth-order valence-electron chi connectivity index (χ4n) is 2.21. The van der Waals surface area contributed by atoms with E-state index in [1.54, 1.807) is 0 Å². The molecule has 0 amide bonds. The second-order valence-corrected chi connectivity index (χ2v) is 5.24. The summed E-state index contributed by atoms with van der Waals surface area (Å²) in [7, 11) is 0. The van der Waals surface area contributed by atoms with Crippen LogP contribution >= 0.6 is 0 Å². The monoisotopic (exact) mass is 289 g/mol. The summed E-state index contributed by atoms with van der Waals surface area (Å²) in [5.41, 5.74) is 2.10. The predicted molar refractivity (Wildman–Crippen MR) is 81.7 cm³/mol. The van der Waals surface area contributed by atoms with E-state index in [0.29, 0.717) is 24.8 Å². The van der Waals surface area contributed by atoms with E-state index < -0.39 is 0 Å². The molecule has 2 rings (SSSR count). The average molecular weight is 289 g/mol. The van der Waals surface area contributed by atoms with Crippen LogP contribution in [0, 0.1) is 6.92 Å². The molecule has 21 heavy (non-hydrogen) atoms. The number of aliphatic hydroxyl groups is 1. The van der Waals surface area contributed by atoms with Crippen molar-refractivity contribution < 1.29 is 9.63 Å². The Hall–Kier alpha value is -1.72. The van der Waals surface area contributed by atoms with Gasteiger partial charge in [-0.25, -0.2) is 0 Å². The van der Waals surface area contributed by atoms with Crippen LogP contribution in [0.15, 0.2) is 28.8 Å². The molecule has 0 spiro atoms. The fraction of sp³-hybridized carbons (Fsp3) is 0.500. The summed E-state index contributed by atoms with van der Waals surface area (Å²) in [6.07, 6.45) is 2.23. The molecule has 0 fully saturated rings. The minimum Gasteiger partial charge on any atom is -0.395 e. The lowest BCUT2D eigenvalue weighted by atomic mass is 10.1. The number of benzene rings is 1. The SMILES string of the molecule is CCCCN(CCO)Cc1noc(-c2cccc(C)c2)n1. The molecule has 0 unspecified atom stereocenters. The average Bonchev–Trinajstić information content (AvgIpc) is 2.93. The van der Waals surface area contributed by atoms with Gasteiger partial charge >= 0.3 is 0 Å². The zero-order valence-electron chi connectivity index (χ0n) is 12.7. The summed E-state index contributed by atoms with van der Waals surface area (Å²) in [4.78, 5) is 6.60. The number of hydrogen-bond donors (Lipinski definition) is 1. The molecule has 114 valence electrons. The van der Waals surface area contributed by atoms with Crippen molar-refractivity contribution >= 4 is 0 Å². The molecular formula is C16H23N3O2. The zero-order chi connectivity index (χ0) is 15.1. The number of aromatic nitrogens is 2. The van der Waals surface area contributed by atoms with Crippen molar-refractivity contribution in [3.63, 3.8) is 0 Å². The summed E-state index contributed by atoms with van der Waals surface area (Å²) in [6, 6.07) is 8.01. The molecule has 0 saturated heterocycles. The smallest absolute Gasteiger partial charge is 0.257 e. The topological polar surface area (TPSA) is 62.4 Å². The lowest BCUT2D eigenvalue weighted by Gasteiger charge is -2.18. The molecule has 0 atom stereocenters. The standard InChI is InChI=1S/C16H23N3O2/c1-3-4-8-19(9-10-20)12-15-17-16(21-18-15)14-7-5-6-13(2)11-14/h5-7,11,20H,3-4,8-10,12H2,1-2H3. The van der Waals surface area contributed by atoms with E-state index in [1.807, 2.05) is 31.2 Å². The van der Waals surface area contributed by atoms with Gasteiger partial charge in [-0.1, -0.05) is 36.2 Å². The van der Waals surface area contributed by atoms with Crippen LogP contribution in [0.2, 0.25) is 0 Å². The van der Waals surface area contributed by atoms with Gasteiger partial charge in [0.25, 0.3) is 5.89 Å². The van der Waals surface area contributed by atoms with Crippen LogP contribution in [-0.4, -0.2) is 39.8 Å². The molecule has 0 aliphatic carbocycles. The van der Waals surface area contributed by atoms with E-state index in [0.717, 1.165) is 30.5 Å². The summed E-state index contributed by atoms with van der Waals surface area (Å²) in [6.45, 7) is 6.51. The molecule has 0 aliphatic rings. The van der Waals surface area contributed by atoms with Gasteiger partial charge in [-0.2, -0.15) is 4.98 Å². The van der Waals surface area contributed by atoms with E-state index >= 15 is 0 Å². The van der Waals surface area contributed by atoms with Crippen molar-refractivity contribution in [1.29, 1.82) is 0 Å². The predicted octanol–water partition coefficient (Wildman–Crippen LogP) is 2.64. The molecule has 0 saturated carbocycles. The second-order valence-electron chi connectivity index (χ2n) is 5.24. The quantitative estimate of drug-likeness (QED) is 0.809. The van der Waals surface area contributed by atoms with Gasteiger partial charge in [0.1, 0.15) is 0 Å². The van der Waals surface area contributed by atoms with Gasteiger partial charge in [0.15, 0.2) is 5.82 Å². The minimum absolute atomic E-state index is 0.145. The van der Waals surface area contributed by atoms with Gasteiger partial charge in [0.05, 0.1) is 13.2 Å². The van der Waals surface area contributed by atoms with Crippen molar-refractivity contribution in [3.05, 3.63) is 35.7 Å². The third-order valence-electron chi connectivity index (χ3n) is 3.34. The Morgan fingerprint density at radius 3 is 2.86 bits per heavy atom. The normalized spacial score (nSPS) is 11.2. The van der Waals surface area contributed by atoms with E-state index in [9.17, 15) is 0 Å². The highest BCUT2D eigenvalue weighted by Crippen LogP contribution is 2.18. The van der Waals surface area contributed by atoms with E-state index in [2.05, 4.69) is 22.0 Å². The van der Waals surface area contributed by atoms with Crippen LogP contribution < -0.4 is 0 Å². The largest absolute Gasteiger partial charge is 0.395 e. The first kappa shape index (κ1) is 15.7. The number of unbranched alkanes of at least 4 members (excludes halogenated alkanes) is 1. The second kappa shape index (κ2) is 7.90. The highest BCUT2D eigenvalue weighted by atomic mass is 16.5. The summed E-state index contributed by atoms with van der Waals surface area (Å²) < 4.78 is 5.34. The first-order chi connectivity index (χ1) is 10.2. The Labute approximate surface area is 125 Å². The van der Waals surface area contributed by atoms with Crippen LogP contribution in [0.25, 0.3) is 11.5 Å².